The first kappa shape index (κ1) is 16.2. The molecular formula is C16H33N3O. The van der Waals surface area contributed by atoms with Crippen LogP contribution >= 0.6 is 0 Å². The summed E-state index contributed by atoms with van der Waals surface area (Å²) in [6.45, 7) is 16.3. The molecule has 118 valence electrons. The molecule has 2 fully saturated rings. The van der Waals surface area contributed by atoms with Crippen molar-refractivity contribution in [3.05, 3.63) is 0 Å². The molecule has 0 aliphatic carbocycles. The number of nitrogens with zero attached hydrogens (tertiary/aromatic N) is 2. The predicted octanol–water partition coefficient (Wildman–Crippen LogP) is 1.42. The van der Waals surface area contributed by atoms with Gasteiger partial charge in [-0.05, 0) is 25.7 Å². The first-order valence-electron chi connectivity index (χ1n) is 8.45. The molecule has 4 heteroatoms. The topological polar surface area (TPSA) is 27.7 Å². The summed E-state index contributed by atoms with van der Waals surface area (Å²) < 4.78 is 5.73. The Morgan fingerprint density at radius 2 is 1.80 bits per heavy atom. The maximum Gasteiger partial charge on any atom is 0.0726 e. The third-order valence-corrected chi connectivity index (χ3v) is 4.51. The molecule has 2 rings (SSSR count). The van der Waals surface area contributed by atoms with Crippen molar-refractivity contribution in [2.75, 3.05) is 52.4 Å². The van der Waals surface area contributed by atoms with Crippen LogP contribution in [0.1, 0.15) is 33.6 Å². The Labute approximate surface area is 124 Å². The van der Waals surface area contributed by atoms with Gasteiger partial charge in [0, 0.05) is 58.5 Å². The van der Waals surface area contributed by atoms with E-state index in [0.717, 1.165) is 19.1 Å². The lowest BCUT2D eigenvalue weighted by Crippen LogP contribution is -2.49. The van der Waals surface area contributed by atoms with E-state index in [0.29, 0.717) is 12.1 Å². The van der Waals surface area contributed by atoms with Crippen molar-refractivity contribution in [1.82, 2.24) is 15.1 Å². The second-order valence-electron chi connectivity index (χ2n) is 6.83. The fourth-order valence-electron chi connectivity index (χ4n) is 3.29. The number of nitrogens with one attached hydrogen (secondary N) is 1. The second kappa shape index (κ2) is 8.32. The van der Waals surface area contributed by atoms with Gasteiger partial charge in [0.05, 0.1) is 6.10 Å². The molecule has 0 aromatic rings. The van der Waals surface area contributed by atoms with E-state index in [2.05, 4.69) is 35.9 Å². The van der Waals surface area contributed by atoms with Gasteiger partial charge in [0.25, 0.3) is 0 Å². The summed E-state index contributed by atoms with van der Waals surface area (Å²) in [4.78, 5) is 5.19. The molecule has 0 aromatic carbocycles. The van der Waals surface area contributed by atoms with E-state index >= 15 is 0 Å². The molecule has 2 saturated heterocycles. The average molecular weight is 283 g/mol. The van der Waals surface area contributed by atoms with Crippen LogP contribution in [0.2, 0.25) is 0 Å². The number of hydrogen-bond donors (Lipinski definition) is 1. The quantitative estimate of drug-likeness (QED) is 0.765. The third-order valence-electron chi connectivity index (χ3n) is 4.51. The third kappa shape index (κ3) is 5.32. The Morgan fingerprint density at radius 3 is 2.40 bits per heavy atom. The minimum Gasteiger partial charge on any atom is -0.377 e. The van der Waals surface area contributed by atoms with Gasteiger partial charge in [-0.25, -0.2) is 0 Å². The number of rotatable bonds is 7. The van der Waals surface area contributed by atoms with Crippen molar-refractivity contribution in [3.8, 4) is 0 Å². The molecule has 2 unspecified atom stereocenters. The van der Waals surface area contributed by atoms with Gasteiger partial charge in [-0.2, -0.15) is 0 Å². The Morgan fingerprint density at radius 1 is 1.10 bits per heavy atom. The van der Waals surface area contributed by atoms with Crippen molar-refractivity contribution in [2.24, 2.45) is 5.92 Å². The van der Waals surface area contributed by atoms with E-state index < -0.39 is 0 Å². The lowest BCUT2D eigenvalue weighted by atomic mass is 10.1. The lowest BCUT2D eigenvalue weighted by Gasteiger charge is -2.35. The van der Waals surface area contributed by atoms with Gasteiger partial charge in [0.1, 0.15) is 0 Å². The Hall–Kier alpha value is -0.160. The van der Waals surface area contributed by atoms with E-state index in [-0.39, 0.29) is 0 Å². The molecule has 0 spiro atoms. The molecule has 0 aromatic heterocycles. The monoisotopic (exact) mass is 283 g/mol. The zero-order valence-electron chi connectivity index (χ0n) is 13.6. The summed E-state index contributed by atoms with van der Waals surface area (Å²) in [6.07, 6.45) is 2.90. The second-order valence-corrected chi connectivity index (χ2v) is 6.83. The van der Waals surface area contributed by atoms with Crippen molar-refractivity contribution in [3.63, 3.8) is 0 Å². The molecule has 2 heterocycles. The summed E-state index contributed by atoms with van der Waals surface area (Å²) in [5.41, 5.74) is 0. The summed E-state index contributed by atoms with van der Waals surface area (Å²) in [6, 6.07) is 0.500. The molecule has 0 bridgehead atoms. The molecule has 2 aliphatic heterocycles. The van der Waals surface area contributed by atoms with Crippen molar-refractivity contribution in [2.45, 2.75) is 45.8 Å². The fraction of sp³-hybridized carbons (Fsp3) is 1.00. The molecule has 20 heavy (non-hydrogen) atoms. The molecular weight excluding hydrogens is 250 g/mol. The zero-order chi connectivity index (χ0) is 14.4. The van der Waals surface area contributed by atoms with Gasteiger partial charge in [-0.3, -0.25) is 4.90 Å². The van der Waals surface area contributed by atoms with Crippen LogP contribution in [-0.4, -0.2) is 74.4 Å². The predicted molar refractivity (Wildman–Crippen MR) is 84.2 cm³/mol. The minimum absolute atomic E-state index is 0.442. The maximum absolute atomic E-state index is 5.73. The van der Waals surface area contributed by atoms with Gasteiger partial charge >= 0.3 is 0 Å². The largest absolute Gasteiger partial charge is 0.377 e. The molecule has 0 radical (unpaired) electrons. The molecule has 2 atom stereocenters. The van der Waals surface area contributed by atoms with Crippen LogP contribution in [0.3, 0.4) is 0 Å². The molecule has 2 aliphatic rings. The minimum atomic E-state index is 0.442. The number of ether oxygens (including phenoxy) is 1. The van der Waals surface area contributed by atoms with Crippen molar-refractivity contribution < 1.29 is 4.74 Å². The smallest absolute Gasteiger partial charge is 0.0726 e. The molecule has 1 N–H and O–H groups in total. The van der Waals surface area contributed by atoms with Crippen LogP contribution in [0.15, 0.2) is 0 Å². The van der Waals surface area contributed by atoms with Crippen LogP contribution in [0.4, 0.5) is 0 Å². The van der Waals surface area contributed by atoms with Crippen molar-refractivity contribution in [1.29, 1.82) is 0 Å². The highest BCUT2D eigenvalue weighted by molar-refractivity contribution is 4.78. The SMILES string of the molecule is CC(C)CN1CCN(CCNC(C)C2CCCO2)CC1. The average Bonchev–Trinajstić information content (AvgIpc) is 2.94. The maximum atomic E-state index is 5.73. The van der Waals surface area contributed by atoms with Crippen LogP contribution in [-0.2, 0) is 4.74 Å². The van der Waals surface area contributed by atoms with E-state index in [1.807, 2.05) is 0 Å². The summed E-state index contributed by atoms with van der Waals surface area (Å²) in [7, 11) is 0. The fourth-order valence-corrected chi connectivity index (χ4v) is 3.29. The summed E-state index contributed by atoms with van der Waals surface area (Å²) in [5, 5.41) is 3.64. The van der Waals surface area contributed by atoms with Gasteiger partial charge in [0.2, 0.25) is 0 Å². The van der Waals surface area contributed by atoms with E-state index in [4.69, 9.17) is 4.74 Å². The van der Waals surface area contributed by atoms with Crippen LogP contribution in [0.5, 0.6) is 0 Å². The Bertz CT molecular complexity index is 258. The Kier molecular flexibility index (Phi) is 6.75. The van der Waals surface area contributed by atoms with E-state index in [1.165, 1.54) is 52.1 Å². The van der Waals surface area contributed by atoms with Crippen molar-refractivity contribution >= 4 is 0 Å². The lowest BCUT2D eigenvalue weighted by molar-refractivity contribution is 0.0802. The van der Waals surface area contributed by atoms with Gasteiger partial charge < -0.3 is 15.0 Å². The first-order valence-corrected chi connectivity index (χ1v) is 8.45. The zero-order valence-corrected chi connectivity index (χ0v) is 13.6. The number of hydrogen-bond acceptors (Lipinski definition) is 4. The van der Waals surface area contributed by atoms with Crippen LogP contribution in [0.25, 0.3) is 0 Å². The van der Waals surface area contributed by atoms with Crippen LogP contribution < -0.4 is 5.32 Å². The highest BCUT2D eigenvalue weighted by atomic mass is 16.5. The highest BCUT2D eigenvalue weighted by Gasteiger charge is 2.22. The normalized spacial score (nSPS) is 27.3. The number of piperazine rings is 1. The summed E-state index contributed by atoms with van der Waals surface area (Å²) in [5.74, 6) is 0.787. The van der Waals surface area contributed by atoms with Gasteiger partial charge in [-0.15, -0.1) is 0 Å². The molecule has 0 saturated carbocycles. The summed E-state index contributed by atoms with van der Waals surface area (Å²) >= 11 is 0. The Balaban J connectivity index is 1.54. The highest BCUT2D eigenvalue weighted by Crippen LogP contribution is 2.15. The van der Waals surface area contributed by atoms with Gasteiger partial charge in [-0.1, -0.05) is 13.8 Å². The van der Waals surface area contributed by atoms with E-state index in [9.17, 15) is 0 Å². The standard InChI is InChI=1S/C16H33N3O/c1-14(2)13-19-10-8-18(9-11-19)7-6-17-15(3)16-5-4-12-20-16/h14-17H,4-13H2,1-3H3. The molecule has 4 nitrogen and oxygen atoms in total. The first-order chi connectivity index (χ1) is 9.65. The van der Waals surface area contributed by atoms with E-state index in [1.54, 1.807) is 0 Å². The molecule has 0 amide bonds. The van der Waals surface area contributed by atoms with Crippen LogP contribution in [0, 0.1) is 5.92 Å². The van der Waals surface area contributed by atoms with Gasteiger partial charge in [0.15, 0.2) is 0 Å².